The molecule has 1 aromatic heterocycles. The molecule has 1 heterocycles. The predicted molar refractivity (Wildman–Crippen MR) is 133 cm³/mol. The van der Waals surface area contributed by atoms with E-state index in [1.165, 1.54) is 6.07 Å². The number of hydrogen-bond acceptors (Lipinski definition) is 6. The average molecular weight is 481 g/mol. The van der Waals surface area contributed by atoms with Crippen molar-refractivity contribution in [2.45, 2.75) is 38.9 Å². The molecule has 34 heavy (non-hydrogen) atoms. The molecule has 2 amide bonds. The molecule has 0 fully saturated rings. The summed E-state index contributed by atoms with van der Waals surface area (Å²) in [5.74, 6) is 0.312. The third kappa shape index (κ3) is 7.21. The van der Waals surface area contributed by atoms with Crippen molar-refractivity contribution in [1.29, 1.82) is 0 Å². The average Bonchev–Trinajstić information content (AvgIpc) is 2.78. The number of nitrogens with zero attached hydrogens (tertiary/aromatic N) is 1. The summed E-state index contributed by atoms with van der Waals surface area (Å²) in [5, 5.41) is 6.02. The first-order chi connectivity index (χ1) is 16.2. The van der Waals surface area contributed by atoms with Crippen molar-refractivity contribution >= 4 is 29.3 Å². The van der Waals surface area contributed by atoms with E-state index in [9.17, 15) is 14.4 Å². The van der Waals surface area contributed by atoms with Crippen molar-refractivity contribution in [3.05, 3.63) is 80.8 Å². The highest BCUT2D eigenvalue weighted by Crippen LogP contribution is 2.22. The number of nitrogens with one attached hydrogen (secondary N) is 3. The van der Waals surface area contributed by atoms with E-state index in [-0.39, 0.29) is 34.7 Å². The molecule has 0 aliphatic carbocycles. The number of aromatic amines is 1. The minimum absolute atomic E-state index is 0.0462. The molecular formula is C25H28N4O4S. The van der Waals surface area contributed by atoms with Crippen LogP contribution in [0.5, 0.6) is 5.75 Å². The molecule has 0 aliphatic heterocycles. The number of carbonyl (C=O) groups is 2. The SMILES string of the molecule is COc1cccc(CNC(=O)Cc2cc(=O)[nH]c(SCC(=O)Nc3c(C)cc(C)cc3C)n2)c1. The van der Waals surface area contributed by atoms with Crippen molar-refractivity contribution in [1.82, 2.24) is 15.3 Å². The van der Waals surface area contributed by atoms with Crippen LogP contribution in [-0.4, -0.2) is 34.6 Å². The van der Waals surface area contributed by atoms with Gasteiger partial charge in [-0.15, -0.1) is 0 Å². The fraction of sp³-hybridized carbons (Fsp3) is 0.280. The summed E-state index contributed by atoms with van der Waals surface area (Å²) in [5.41, 5.74) is 4.76. The van der Waals surface area contributed by atoms with Crippen molar-refractivity contribution in [3.63, 3.8) is 0 Å². The normalized spacial score (nSPS) is 10.6. The molecule has 178 valence electrons. The highest BCUT2D eigenvalue weighted by atomic mass is 32.2. The van der Waals surface area contributed by atoms with Gasteiger partial charge in [0.05, 0.1) is 25.0 Å². The Morgan fingerprint density at radius 1 is 1.06 bits per heavy atom. The van der Waals surface area contributed by atoms with Gasteiger partial charge >= 0.3 is 0 Å². The van der Waals surface area contributed by atoms with Crippen molar-refractivity contribution in [2.24, 2.45) is 0 Å². The summed E-state index contributed by atoms with van der Waals surface area (Å²) >= 11 is 1.11. The number of carbonyl (C=O) groups excluding carboxylic acids is 2. The van der Waals surface area contributed by atoms with Crippen LogP contribution in [0.4, 0.5) is 5.69 Å². The molecule has 3 N–H and O–H groups in total. The van der Waals surface area contributed by atoms with Crippen LogP contribution >= 0.6 is 11.8 Å². The number of aryl methyl sites for hydroxylation is 3. The number of aromatic nitrogens is 2. The lowest BCUT2D eigenvalue weighted by molar-refractivity contribution is -0.120. The standard InChI is InChI=1S/C25H28N4O4S/c1-15-8-16(2)24(17(3)9-15)28-23(32)14-34-25-27-19(12-22(31)29-25)11-21(30)26-13-18-6-5-7-20(10-18)33-4/h5-10,12H,11,13-14H2,1-4H3,(H,26,30)(H,28,32)(H,27,29,31). The van der Waals surface area contributed by atoms with Crippen LogP contribution in [0.15, 0.2) is 52.4 Å². The predicted octanol–water partition coefficient (Wildman–Crippen LogP) is 3.29. The third-order valence-electron chi connectivity index (χ3n) is 5.02. The van der Waals surface area contributed by atoms with Gasteiger partial charge in [0.15, 0.2) is 5.16 Å². The number of H-pyrrole nitrogens is 1. The van der Waals surface area contributed by atoms with E-state index >= 15 is 0 Å². The number of rotatable bonds is 9. The van der Waals surface area contributed by atoms with E-state index in [0.29, 0.717) is 18.0 Å². The number of hydrogen-bond donors (Lipinski definition) is 3. The van der Waals surface area contributed by atoms with E-state index in [1.54, 1.807) is 7.11 Å². The first kappa shape index (κ1) is 25.0. The summed E-state index contributed by atoms with van der Waals surface area (Å²) < 4.78 is 5.18. The van der Waals surface area contributed by atoms with Crippen LogP contribution in [-0.2, 0) is 22.6 Å². The summed E-state index contributed by atoms with van der Waals surface area (Å²) in [6.45, 7) is 6.24. The zero-order valence-corrected chi connectivity index (χ0v) is 20.5. The Morgan fingerprint density at radius 3 is 2.50 bits per heavy atom. The summed E-state index contributed by atoms with van der Waals surface area (Å²) in [6, 6.07) is 12.7. The van der Waals surface area contributed by atoms with E-state index in [0.717, 1.165) is 39.7 Å². The van der Waals surface area contributed by atoms with Gasteiger partial charge in [0, 0.05) is 18.3 Å². The van der Waals surface area contributed by atoms with Crippen LogP contribution in [0.3, 0.4) is 0 Å². The Morgan fingerprint density at radius 2 is 1.79 bits per heavy atom. The molecule has 0 aliphatic rings. The lowest BCUT2D eigenvalue weighted by atomic mass is 10.1. The van der Waals surface area contributed by atoms with Crippen molar-refractivity contribution < 1.29 is 14.3 Å². The lowest BCUT2D eigenvalue weighted by Crippen LogP contribution is -2.26. The number of benzene rings is 2. The highest BCUT2D eigenvalue weighted by Gasteiger charge is 2.12. The first-order valence-electron chi connectivity index (χ1n) is 10.7. The van der Waals surface area contributed by atoms with Crippen LogP contribution in [0.2, 0.25) is 0 Å². The number of methoxy groups -OCH3 is 1. The molecule has 8 nitrogen and oxygen atoms in total. The molecule has 0 bridgehead atoms. The molecule has 0 spiro atoms. The Bertz CT molecular complexity index is 1230. The number of anilines is 1. The van der Waals surface area contributed by atoms with Gasteiger partial charge in [0.1, 0.15) is 5.75 Å². The Balaban J connectivity index is 1.56. The van der Waals surface area contributed by atoms with E-state index in [2.05, 4.69) is 20.6 Å². The van der Waals surface area contributed by atoms with Gasteiger partial charge in [0.25, 0.3) is 5.56 Å². The number of amides is 2. The van der Waals surface area contributed by atoms with E-state index in [1.807, 2.05) is 57.2 Å². The maximum atomic E-state index is 12.5. The largest absolute Gasteiger partial charge is 0.497 e. The van der Waals surface area contributed by atoms with Gasteiger partial charge in [-0.25, -0.2) is 4.98 Å². The van der Waals surface area contributed by atoms with Gasteiger partial charge in [-0.3, -0.25) is 14.4 Å². The molecule has 0 unspecified atom stereocenters. The summed E-state index contributed by atoms with van der Waals surface area (Å²) in [6.07, 6.45) is -0.0462. The molecular weight excluding hydrogens is 452 g/mol. The Kier molecular flexibility index (Phi) is 8.48. The smallest absolute Gasteiger partial charge is 0.251 e. The van der Waals surface area contributed by atoms with Gasteiger partial charge in [-0.2, -0.15) is 0 Å². The zero-order chi connectivity index (χ0) is 24.7. The van der Waals surface area contributed by atoms with Gasteiger partial charge in [0.2, 0.25) is 11.8 Å². The molecule has 3 aromatic rings. The number of thioether (sulfide) groups is 1. The lowest BCUT2D eigenvalue weighted by Gasteiger charge is -2.12. The fourth-order valence-electron chi connectivity index (χ4n) is 3.54. The molecule has 0 atom stereocenters. The molecule has 0 saturated carbocycles. The van der Waals surface area contributed by atoms with Crippen molar-refractivity contribution in [3.8, 4) is 5.75 Å². The maximum absolute atomic E-state index is 12.5. The van der Waals surface area contributed by atoms with Crippen LogP contribution in [0.1, 0.15) is 27.9 Å². The highest BCUT2D eigenvalue weighted by molar-refractivity contribution is 7.99. The second-order valence-corrected chi connectivity index (χ2v) is 8.92. The summed E-state index contributed by atoms with van der Waals surface area (Å²) in [7, 11) is 1.58. The van der Waals surface area contributed by atoms with Gasteiger partial charge < -0.3 is 20.4 Å². The maximum Gasteiger partial charge on any atom is 0.251 e. The summed E-state index contributed by atoms with van der Waals surface area (Å²) in [4.78, 5) is 43.8. The molecule has 2 aromatic carbocycles. The molecule has 9 heteroatoms. The second kappa shape index (κ2) is 11.5. The third-order valence-corrected chi connectivity index (χ3v) is 5.89. The minimum Gasteiger partial charge on any atom is -0.497 e. The fourth-order valence-corrected chi connectivity index (χ4v) is 4.23. The van der Waals surface area contributed by atoms with E-state index in [4.69, 9.17) is 4.74 Å². The van der Waals surface area contributed by atoms with Gasteiger partial charge in [-0.1, -0.05) is 41.6 Å². The Labute approximate surface area is 202 Å². The molecule has 3 rings (SSSR count). The second-order valence-electron chi connectivity index (χ2n) is 7.96. The quantitative estimate of drug-likeness (QED) is 0.320. The van der Waals surface area contributed by atoms with Gasteiger partial charge in [-0.05, 0) is 49.6 Å². The molecule has 0 radical (unpaired) electrons. The van der Waals surface area contributed by atoms with Crippen LogP contribution < -0.4 is 20.9 Å². The topological polar surface area (TPSA) is 113 Å². The van der Waals surface area contributed by atoms with E-state index < -0.39 is 0 Å². The molecule has 0 saturated heterocycles. The number of ether oxygens (including phenoxy) is 1. The minimum atomic E-state index is -0.376. The van der Waals surface area contributed by atoms with Crippen LogP contribution in [0.25, 0.3) is 0 Å². The van der Waals surface area contributed by atoms with Crippen molar-refractivity contribution in [2.75, 3.05) is 18.2 Å². The monoisotopic (exact) mass is 480 g/mol. The van der Waals surface area contributed by atoms with Crippen LogP contribution in [0, 0.1) is 20.8 Å². The zero-order valence-electron chi connectivity index (χ0n) is 19.7. The Hall–Kier alpha value is -3.59. The first-order valence-corrected chi connectivity index (χ1v) is 11.7.